The molecule has 11 heteroatoms. The third kappa shape index (κ3) is 5.44. The van der Waals surface area contributed by atoms with Gasteiger partial charge in [0.05, 0.1) is 11.3 Å². The van der Waals surface area contributed by atoms with Crippen LogP contribution in [0.1, 0.15) is 54.9 Å². The highest BCUT2D eigenvalue weighted by atomic mass is 16.5. The second-order valence-electron chi connectivity index (χ2n) is 8.07. The zero-order valence-electron chi connectivity index (χ0n) is 18.8. The van der Waals surface area contributed by atoms with E-state index in [2.05, 4.69) is 15.5 Å². The van der Waals surface area contributed by atoms with Crippen molar-refractivity contribution in [3.8, 4) is 28.6 Å². The van der Waals surface area contributed by atoms with Gasteiger partial charge in [0, 0.05) is 24.6 Å². The van der Waals surface area contributed by atoms with Crippen LogP contribution in [0.2, 0.25) is 0 Å². The van der Waals surface area contributed by atoms with Crippen molar-refractivity contribution in [1.82, 2.24) is 25.6 Å². The standard InChI is InChI=1S/C23H27N5O6/c1-13(2)16-11-17(19(30)12-18(16)29)21-25-26-23(33)28(21)15-7-5-6-14(10-15)22(32)24-9-4-3-8-20(31)27-34/h5-7,10-13,29-30,34H,3-4,8-9H2,1-2H3,(H,24,32)(H,26,33)(H,27,31). The van der Waals surface area contributed by atoms with Gasteiger partial charge in [-0.15, -0.1) is 0 Å². The molecule has 0 unspecified atom stereocenters. The fourth-order valence-corrected chi connectivity index (χ4v) is 3.51. The van der Waals surface area contributed by atoms with Crippen molar-refractivity contribution in [2.75, 3.05) is 6.54 Å². The quantitative estimate of drug-likeness (QED) is 0.158. The average Bonchev–Trinajstić information content (AvgIpc) is 3.19. The molecule has 0 saturated heterocycles. The summed E-state index contributed by atoms with van der Waals surface area (Å²) in [5.74, 6) is -1.06. The fourth-order valence-electron chi connectivity index (χ4n) is 3.51. The van der Waals surface area contributed by atoms with E-state index in [4.69, 9.17) is 5.21 Å². The number of carbonyl (C=O) groups excluding carboxylic acids is 2. The number of hydrogen-bond donors (Lipinski definition) is 6. The lowest BCUT2D eigenvalue weighted by Gasteiger charge is -2.13. The lowest BCUT2D eigenvalue weighted by molar-refractivity contribution is -0.129. The number of aromatic amines is 1. The van der Waals surface area contributed by atoms with E-state index in [9.17, 15) is 24.6 Å². The number of carbonyl (C=O) groups is 2. The molecule has 3 rings (SSSR count). The molecule has 6 N–H and O–H groups in total. The van der Waals surface area contributed by atoms with Gasteiger partial charge in [-0.1, -0.05) is 19.9 Å². The monoisotopic (exact) mass is 469 g/mol. The summed E-state index contributed by atoms with van der Waals surface area (Å²) < 4.78 is 1.24. The number of aromatic nitrogens is 3. The molecule has 0 radical (unpaired) electrons. The molecule has 3 aromatic rings. The SMILES string of the molecule is CC(C)c1cc(-c2n[nH]c(=O)n2-c2cccc(C(=O)NCCCCC(=O)NO)c2)c(O)cc1O. The molecule has 2 aromatic carbocycles. The van der Waals surface area contributed by atoms with Gasteiger partial charge in [-0.05, 0) is 48.6 Å². The molecule has 0 spiro atoms. The maximum Gasteiger partial charge on any atom is 0.348 e. The Morgan fingerprint density at radius 2 is 1.88 bits per heavy atom. The Kier molecular flexibility index (Phi) is 7.69. The highest BCUT2D eigenvalue weighted by molar-refractivity contribution is 5.94. The van der Waals surface area contributed by atoms with Crippen LogP contribution in [0.4, 0.5) is 0 Å². The largest absolute Gasteiger partial charge is 0.508 e. The van der Waals surface area contributed by atoms with E-state index in [0.717, 1.165) is 0 Å². The molecule has 0 aliphatic carbocycles. The molecule has 0 fully saturated rings. The molecule has 11 nitrogen and oxygen atoms in total. The lowest BCUT2D eigenvalue weighted by atomic mass is 9.98. The number of phenolic OH excluding ortho intramolecular Hbond substituents is 2. The number of hydrogen-bond acceptors (Lipinski definition) is 7. The number of benzene rings is 2. The molecule has 0 bridgehead atoms. The number of unbranched alkanes of at least 4 members (excludes halogenated alkanes) is 1. The van der Waals surface area contributed by atoms with Crippen molar-refractivity contribution in [2.24, 2.45) is 0 Å². The number of H-pyrrole nitrogens is 1. The summed E-state index contributed by atoms with van der Waals surface area (Å²) in [6.45, 7) is 4.10. The van der Waals surface area contributed by atoms with Gasteiger partial charge in [0.2, 0.25) is 5.91 Å². The van der Waals surface area contributed by atoms with Gasteiger partial charge in [-0.25, -0.2) is 19.9 Å². The summed E-state index contributed by atoms with van der Waals surface area (Å²) in [5.41, 5.74) is 2.50. The minimum absolute atomic E-state index is 0.0384. The summed E-state index contributed by atoms with van der Waals surface area (Å²) in [4.78, 5) is 36.2. The molecular formula is C23H27N5O6. The lowest BCUT2D eigenvalue weighted by Crippen LogP contribution is -2.25. The summed E-state index contributed by atoms with van der Waals surface area (Å²) in [5, 5.41) is 38.2. The Balaban J connectivity index is 1.85. The van der Waals surface area contributed by atoms with E-state index in [1.165, 1.54) is 16.7 Å². The third-order valence-electron chi connectivity index (χ3n) is 5.29. The normalized spacial score (nSPS) is 10.9. The van der Waals surface area contributed by atoms with E-state index in [1.54, 1.807) is 29.7 Å². The molecule has 0 aliphatic heterocycles. The molecule has 0 atom stereocenters. The van der Waals surface area contributed by atoms with Crippen molar-refractivity contribution in [1.29, 1.82) is 0 Å². The maximum atomic E-state index is 12.6. The first kappa shape index (κ1) is 24.5. The topological polar surface area (TPSA) is 170 Å². The van der Waals surface area contributed by atoms with Crippen LogP contribution in [-0.4, -0.2) is 48.5 Å². The summed E-state index contributed by atoms with van der Waals surface area (Å²) >= 11 is 0. The number of hydroxylamine groups is 1. The molecule has 34 heavy (non-hydrogen) atoms. The second kappa shape index (κ2) is 10.7. The zero-order valence-corrected chi connectivity index (χ0v) is 18.8. The van der Waals surface area contributed by atoms with E-state index < -0.39 is 11.6 Å². The smallest absolute Gasteiger partial charge is 0.348 e. The zero-order chi connectivity index (χ0) is 24.8. The first-order chi connectivity index (χ1) is 16.2. The number of phenols is 2. The van der Waals surface area contributed by atoms with Gasteiger partial charge in [0.15, 0.2) is 5.82 Å². The predicted octanol–water partition coefficient (Wildman–Crippen LogP) is 2.17. The highest BCUT2D eigenvalue weighted by Gasteiger charge is 2.20. The van der Waals surface area contributed by atoms with Crippen LogP contribution >= 0.6 is 0 Å². The van der Waals surface area contributed by atoms with E-state index in [-0.39, 0.29) is 41.1 Å². The van der Waals surface area contributed by atoms with Gasteiger partial charge < -0.3 is 15.5 Å². The van der Waals surface area contributed by atoms with Crippen molar-refractivity contribution < 1.29 is 25.0 Å². The third-order valence-corrected chi connectivity index (χ3v) is 5.29. The van der Waals surface area contributed by atoms with Gasteiger partial charge in [-0.3, -0.25) is 14.8 Å². The Morgan fingerprint density at radius 1 is 1.12 bits per heavy atom. The van der Waals surface area contributed by atoms with Crippen LogP contribution in [0.3, 0.4) is 0 Å². The van der Waals surface area contributed by atoms with Crippen LogP contribution in [0.25, 0.3) is 17.1 Å². The molecule has 1 heterocycles. The van der Waals surface area contributed by atoms with E-state index in [0.29, 0.717) is 36.2 Å². The van der Waals surface area contributed by atoms with Crippen LogP contribution in [0, 0.1) is 0 Å². The highest BCUT2D eigenvalue weighted by Crippen LogP contribution is 2.37. The number of nitrogens with one attached hydrogen (secondary N) is 3. The van der Waals surface area contributed by atoms with Crippen molar-refractivity contribution in [3.05, 3.63) is 58.0 Å². The minimum Gasteiger partial charge on any atom is -0.508 e. The summed E-state index contributed by atoms with van der Waals surface area (Å²) in [6.07, 6.45) is 1.19. The summed E-state index contributed by atoms with van der Waals surface area (Å²) in [6, 6.07) is 9.16. The van der Waals surface area contributed by atoms with Crippen LogP contribution in [-0.2, 0) is 4.79 Å². The van der Waals surface area contributed by atoms with E-state index in [1.807, 2.05) is 13.8 Å². The van der Waals surface area contributed by atoms with Gasteiger partial charge in [0.1, 0.15) is 11.5 Å². The number of aromatic hydroxyl groups is 2. The Bertz CT molecular complexity index is 1250. The molecular weight excluding hydrogens is 442 g/mol. The summed E-state index contributed by atoms with van der Waals surface area (Å²) in [7, 11) is 0. The molecule has 0 aliphatic rings. The Morgan fingerprint density at radius 3 is 2.59 bits per heavy atom. The second-order valence-corrected chi connectivity index (χ2v) is 8.07. The van der Waals surface area contributed by atoms with Crippen molar-refractivity contribution in [3.63, 3.8) is 0 Å². The Labute approximate surface area is 195 Å². The van der Waals surface area contributed by atoms with Crippen molar-refractivity contribution >= 4 is 11.8 Å². The Hall–Kier alpha value is -4.12. The molecule has 0 saturated carbocycles. The number of amides is 2. The first-order valence-electron chi connectivity index (χ1n) is 10.8. The van der Waals surface area contributed by atoms with Gasteiger partial charge in [0.25, 0.3) is 5.91 Å². The van der Waals surface area contributed by atoms with Crippen LogP contribution in [0.15, 0.2) is 41.2 Å². The van der Waals surface area contributed by atoms with Crippen LogP contribution in [0.5, 0.6) is 11.5 Å². The van der Waals surface area contributed by atoms with Crippen LogP contribution < -0.4 is 16.5 Å². The van der Waals surface area contributed by atoms with Gasteiger partial charge in [-0.2, -0.15) is 5.10 Å². The molecule has 2 amide bonds. The fraction of sp³-hybridized carbons (Fsp3) is 0.304. The minimum atomic E-state index is -0.562. The van der Waals surface area contributed by atoms with Gasteiger partial charge >= 0.3 is 5.69 Å². The van der Waals surface area contributed by atoms with Crippen molar-refractivity contribution in [2.45, 2.75) is 39.0 Å². The number of rotatable bonds is 9. The van der Waals surface area contributed by atoms with E-state index >= 15 is 0 Å². The molecule has 1 aromatic heterocycles. The predicted molar refractivity (Wildman–Crippen MR) is 123 cm³/mol. The molecule has 180 valence electrons. The average molecular weight is 469 g/mol. The first-order valence-corrected chi connectivity index (χ1v) is 10.8. The number of nitrogens with zero attached hydrogens (tertiary/aromatic N) is 2. The maximum absolute atomic E-state index is 12.6.